The van der Waals surface area contributed by atoms with Crippen LogP contribution in [-0.4, -0.2) is 0 Å². The smallest absolute Gasteiger partial charge is 0.236 e. The van der Waals surface area contributed by atoms with E-state index in [0.717, 1.165) is 18.6 Å². The van der Waals surface area contributed by atoms with Crippen LogP contribution in [0.5, 0.6) is 5.75 Å². The summed E-state index contributed by atoms with van der Waals surface area (Å²) in [5.74, 6) is 0.906. The molecular formula is C9H8ClO. The Morgan fingerprint density at radius 2 is 2.00 bits per heavy atom. The lowest BCUT2D eigenvalue weighted by Crippen LogP contribution is -2.08. The van der Waals surface area contributed by atoms with Crippen LogP contribution in [0.25, 0.3) is 0 Å². The molecule has 2 rings (SSSR count). The minimum atomic E-state index is 0.601. The summed E-state index contributed by atoms with van der Waals surface area (Å²) in [6, 6.07) is 7.98. The number of aryl methyl sites for hydroxylation is 1. The zero-order chi connectivity index (χ0) is 7.68. The first kappa shape index (κ1) is 6.99. The summed E-state index contributed by atoms with van der Waals surface area (Å²) in [6.07, 6.45) is 1.83. The molecule has 0 saturated heterocycles. The second-order valence-electron chi connectivity index (χ2n) is 2.56. The maximum absolute atomic E-state index is 5.74. The molecule has 11 heavy (non-hydrogen) atoms. The molecule has 0 aliphatic carbocycles. The molecule has 0 saturated carbocycles. The average molecular weight is 168 g/mol. The predicted octanol–water partition coefficient (Wildman–Crippen LogP) is 2.74. The molecule has 2 heteroatoms. The van der Waals surface area contributed by atoms with Gasteiger partial charge in [-0.1, -0.05) is 29.8 Å². The van der Waals surface area contributed by atoms with Crippen molar-refractivity contribution in [1.29, 1.82) is 0 Å². The van der Waals surface area contributed by atoms with Crippen molar-refractivity contribution < 1.29 is 4.74 Å². The highest BCUT2D eigenvalue weighted by Gasteiger charge is 2.17. The Balaban J connectivity index is 2.34. The van der Waals surface area contributed by atoms with Gasteiger partial charge in [-0.3, -0.25) is 0 Å². The monoisotopic (exact) mass is 167 g/mol. The van der Waals surface area contributed by atoms with E-state index in [4.69, 9.17) is 16.3 Å². The van der Waals surface area contributed by atoms with E-state index < -0.39 is 0 Å². The quantitative estimate of drug-likeness (QED) is 0.578. The van der Waals surface area contributed by atoms with Crippen LogP contribution in [0.3, 0.4) is 0 Å². The number of hydrogen-bond acceptors (Lipinski definition) is 1. The third-order valence-corrected chi connectivity index (χ3v) is 2.05. The zero-order valence-corrected chi connectivity index (χ0v) is 6.77. The normalized spacial score (nSPS) is 17.2. The van der Waals surface area contributed by atoms with Crippen molar-refractivity contribution >= 4 is 11.6 Å². The fourth-order valence-corrected chi connectivity index (χ4v) is 1.39. The van der Waals surface area contributed by atoms with Gasteiger partial charge in [0.15, 0.2) is 0 Å². The van der Waals surface area contributed by atoms with Gasteiger partial charge in [-0.2, -0.15) is 0 Å². The van der Waals surface area contributed by atoms with Crippen LogP contribution in [0.2, 0.25) is 0 Å². The molecule has 1 aromatic rings. The Labute approximate surface area is 70.9 Å². The molecule has 0 atom stereocenters. The molecule has 0 aromatic heterocycles. The van der Waals surface area contributed by atoms with E-state index in [0.29, 0.717) is 5.56 Å². The second-order valence-corrected chi connectivity index (χ2v) is 2.99. The van der Waals surface area contributed by atoms with E-state index >= 15 is 0 Å². The lowest BCUT2D eigenvalue weighted by atomic mass is 10.1. The number of hydrogen-bond donors (Lipinski definition) is 0. The van der Waals surface area contributed by atoms with Gasteiger partial charge in [0.2, 0.25) is 5.56 Å². The highest BCUT2D eigenvalue weighted by Crippen LogP contribution is 2.31. The van der Waals surface area contributed by atoms with Crippen LogP contribution < -0.4 is 4.74 Å². The van der Waals surface area contributed by atoms with Gasteiger partial charge in [0, 0.05) is 6.42 Å². The lowest BCUT2D eigenvalue weighted by Gasteiger charge is -2.19. The highest BCUT2D eigenvalue weighted by atomic mass is 35.5. The fourth-order valence-electron chi connectivity index (χ4n) is 1.21. The first-order valence-electron chi connectivity index (χ1n) is 3.63. The summed E-state index contributed by atoms with van der Waals surface area (Å²) in [6.45, 7) is 0. The van der Waals surface area contributed by atoms with E-state index in [2.05, 4.69) is 6.07 Å². The van der Waals surface area contributed by atoms with Crippen LogP contribution in [0.1, 0.15) is 12.0 Å². The van der Waals surface area contributed by atoms with Crippen molar-refractivity contribution in [3.8, 4) is 5.75 Å². The van der Waals surface area contributed by atoms with E-state index in [1.54, 1.807) is 0 Å². The number of para-hydroxylation sites is 1. The maximum Gasteiger partial charge on any atom is 0.236 e. The third kappa shape index (κ3) is 1.33. The molecule has 0 amide bonds. The zero-order valence-electron chi connectivity index (χ0n) is 6.01. The van der Waals surface area contributed by atoms with Crippen molar-refractivity contribution in [2.45, 2.75) is 12.8 Å². The van der Waals surface area contributed by atoms with Crippen molar-refractivity contribution in [3.05, 3.63) is 35.4 Å². The molecule has 1 aliphatic heterocycles. The number of rotatable bonds is 0. The molecule has 57 valence electrons. The lowest BCUT2D eigenvalue weighted by molar-refractivity contribution is 0.340. The third-order valence-electron chi connectivity index (χ3n) is 1.78. The summed E-state index contributed by atoms with van der Waals surface area (Å²) in [7, 11) is 0. The van der Waals surface area contributed by atoms with Crippen molar-refractivity contribution in [2.75, 3.05) is 0 Å². The molecule has 0 N–H and O–H groups in total. The number of halogens is 1. The van der Waals surface area contributed by atoms with Crippen LogP contribution in [0.4, 0.5) is 0 Å². The van der Waals surface area contributed by atoms with E-state index in [1.807, 2.05) is 18.2 Å². The van der Waals surface area contributed by atoms with Crippen molar-refractivity contribution in [2.24, 2.45) is 0 Å². The summed E-state index contributed by atoms with van der Waals surface area (Å²) >= 11 is 5.74. The molecule has 1 aliphatic rings. The number of fused-ring (bicyclic) bond motifs is 1. The highest BCUT2D eigenvalue weighted by molar-refractivity contribution is 6.25. The van der Waals surface area contributed by atoms with Gasteiger partial charge in [-0.05, 0) is 18.1 Å². The second kappa shape index (κ2) is 2.74. The molecule has 0 spiro atoms. The molecule has 0 fully saturated rings. The van der Waals surface area contributed by atoms with E-state index in [1.165, 1.54) is 5.56 Å². The Kier molecular flexibility index (Phi) is 1.74. The first-order chi connectivity index (χ1) is 5.36. The Morgan fingerprint density at radius 3 is 2.91 bits per heavy atom. The number of ether oxygens (including phenoxy) is 1. The number of benzene rings is 1. The maximum atomic E-state index is 5.74. The van der Waals surface area contributed by atoms with E-state index in [-0.39, 0.29) is 0 Å². The van der Waals surface area contributed by atoms with E-state index in [9.17, 15) is 0 Å². The van der Waals surface area contributed by atoms with Crippen molar-refractivity contribution in [1.82, 2.24) is 0 Å². The molecular weight excluding hydrogens is 160 g/mol. The fraction of sp³-hybridized carbons (Fsp3) is 0.222. The Bertz CT molecular complexity index is 259. The SMILES string of the molecule is Cl[C]1CCc2ccccc2O1. The summed E-state index contributed by atoms with van der Waals surface area (Å²) in [5, 5.41) is 0. The summed E-state index contributed by atoms with van der Waals surface area (Å²) in [4.78, 5) is 0. The van der Waals surface area contributed by atoms with Crippen LogP contribution in [0, 0.1) is 5.56 Å². The van der Waals surface area contributed by atoms with Crippen LogP contribution in [0.15, 0.2) is 24.3 Å². The van der Waals surface area contributed by atoms with Gasteiger partial charge in [-0.25, -0.2) is 0 Å². The van der Waals surface area contributed by atoms with Crippen molar-refractivity contribution in [3.63, 3.8) is 0 Å². The van der Waals surface area contributed by atoms with Crippen LogP contribution in [-0.2, 0) is 6.42 Å². The largest absolute Gasteiger partial charge is 0.466 e. The van der Waals surface area contributed by atoms with Gasteiger partial charge < -0.3 is 4.74 Å². The van der Waals surface area contributed by atoms with Gasteiger partial charge in [0.25, 0.3) is 0 Å². The van der Waals surface area contributed by atoms with Crippen LogP contribution >= 0.6 is 11.6 Å². The molecule has 0 unspecified atom stereocenters. The molecule has 1 aromatic carbocycles. The molecule has 1 heterocycles. The predicted molar refractivity (Wildman–Crippen MR) is 44.5 cm³/mol. The summed E-state index contributed by atoms with van der Waals surface area (Å²) < 4.78 is 5.31. The summed E-state index contributed by atoms with van der Waals surface area (Å²) in [5.41, 5.74) is 1.85. The first-order valence-corrected chi connectivity index (χ1v) is 4.01. The Hall–Kier alpha value is -0.690. The molecule has 1 radical (unpaired) electrons. The molecule has 1 nitrogen and oxygen atoms in total. The van der Waals surface area contributed by atoms with Gasteiger partial charge in [0.05, 0.1) is 0 Å². The topological polar surface area (TPSA) is 9.23 Å². The Morgan fingerprint density at radius 1 is 1.18 bits per heavy atom. The van der Waals surface area contributed by atoms with Gasteiger partial charge in [0.1, 0.15) is 5.75 Å². The van der Waals surface area contributed by atoms with Gasteiger partial charge in [-0.15, -0.1) is 0 Å². The minimum Gasteiger partial charge on any atom is -0.466 e. The van der Waals surface area contributed by atoms with Gasteiger partial charge >= 0.3 is 0 Å². The average Bonchev–Trinajstić information content (AvgIpc) is 2.04. The molecule has 0 bridgehead atoms. The minimum absolute atomic E-state index is 0.601. The standard InChI is InChI=1S/C9H8ClO/c10-9-6-5-7-3-1-2-4-8(7)11-9/h1-4H,5-6H2.